The van der Waals surface area contributed by atoms with Gasteiger partial charge in [-0.1, -0.05) is 91.1 Å². The van der Waals surface area contributed by atoms with Gasteiger partial charge in [-0.05, 0) is 41.3 Å². The van der Waals surface area contributed by atoms with Gasteiger partial charge in [0.05, 0.1) is 5.75 Å². The summed E-state index contributed by atoms with van der Waals surface area (Å²) in [4.78, 5) is 28.7. The Kier molecular flexibility index (Phi) is 11.8. The smallest absolute Gasteiger partial charge is 0.243 e. The van der Waals surface area contributed by atoms with Gasteiger partial charge in [-0.15, -0.1) is 11.8 Å². The van der Waals surface area contributed by atoms with Crippen molar-refractivity contribution in [3.8, 4) is 0 Å². The van der Waals surface area contributed by atoms with E-state index in [4.69, 9.17) is 34.8 Å². The molecule has 0 aliphatic rings. The lowest BCUT2D eigenvalue weighted by Crippen LogP contribution is -2.51. The average Bonchev–Trinajstić information content (AvgIpc) is 2.88. The van der Waals surface area contributed by atoms with E-state index in [2.05, 4.69) is 5.32 Å². The van der Waals surface area contributed by atoms with Gasteiger partial charge in [0, 0.05) is 45.9 Å². The molecule has 3 aromatic rings. The molecule has 0 fully saturated rings. The maximum Gasteiger partial charge on any atom is 0.243 e. The van der Waals surface area contributed by atoms with Crippen LogP contribution in [0, 0.1) is 11.7 Å². The topological polar surface area (TPSA) is 49.4 Å². The van der Waals surface area contributed by atoms with Gasteiger partial charge in [0.1, 0.15) is 11.9 Å². The average molecular weight is 596 g/mol. The minimum absolute atomic E-state index is 0.0264. The number of halogens is 4. The highest BCUT2D eigenvalue weighted by Gasteiger charge is 2.31. The molecule has 0 aromatic heterocycles. The molecule has 0 heterocycles. The fraction of sp³-hybridized carbons (Fsp3) is 0.310. The Morgan fingerprint density at radius 1 is 0.974 bits per heavy atom. The van der Waals surface area contributed by atoms with Crippen LogP contribution in [0.2, 0.25) is 15.1 Å². The van der Waals surface area contributed by atoms with E-state index < -0.39 is 11.9 Å². The van der Waals surface area contributed by atoms with Crippen LogP contribution in [-0.4, -0.2) is 35.1 Å². The van der Waals surface area contributed by atoms with Crippen molar-refractivity contribution in [1.82, 2.24) is 10.2 Å². The molecule has 0 aliphatic heterocycles. The van der Waals surface area contributed by atoms with Crippen molar-refractivity contribution >= 4 is 58.4 Å². The Hall–Kier alpha value is -2.25. The Bertz CT molecular complexity index is 1220. The van der Waals surface area contributed by atoms with Crippen molar-refractivity contribution in [1.29, 1.82) is 0 Å². The van der Waals surface area contributed by atoms with Crippen LogP contribution in [-0.2, 0) is 28.3 Å². The fourth-order valence-electron chi connectivity index (χ4n) is 3.80. The van der Waals surface area contributed by atoms with Crippen molar-refractivity contribution in [2.75, 3.05) is 12.3 Å². The molecule has 0 saturated heterocycles. The summed E-state index contributed by atoms with van der Waals surface area (Å²) >= 11 is 19.9. The van der Waals surface area contributed by atoms with E-state index in [9.17, 15) is 14.0 Å². The van der Waals surface area contributed by atoms with Crippen LogP contribution in [0.15, 0.2) is 66.7 Å². The minimum atomic E-state index is -0.784. The number of thioether (sulfide) groups is 1. The standard InChI is InChI=1S/C29H30Cl3FN2O2S/c1-19(2)15-34-29(37)27(13-20-7-4-3-5-8-20)35(16-21-11-12-22(30)14-25(21)32)28(36)18-38-17-23-24(31)9-6-10-26(23)33/h3-12,14,19,27H,13,15-18H2,1-2H3,(H,34,37). The molecule has 0 aliphatic carbocycles. The van der Waals surface area contributed by atoms with Crippen molar-refractivity contribution in [2.45, 2.75) is 38.6 Å². The maximum absolute atomic E-state index is 14.3. The molecule has 1 unspecified atom stereocenters. The van der Waals surface area contributed by atoms with E-state index in [1.807, 2.05) is 44.2 Å². The fourth-order valence-corrected chi connectivity index (χ4v) is 5.52. The molecule has 0 bridgehead atoms. The molecule has 1 N–H and O–H groups in total. The predicted molar refractivity (Wildman–Crippen MR) is 156 cm³/mol. The molecule has 0 spiro atoms. The van der Waals surface area contributed by atoms with Gasteiger partial charge >= 0.3 is 0 Å². The molecule has 3 aromatic carbocycles. The summed E-state index contributed by atoms with van der Waals surface area (Å²) in [6.45, 7) is 4.61. The molecule has 2 amide bonds. The van der Waals surface area contributed by atoms with E-state index in [1.165, 1.54) is 17.8 Å². The lowest BCUT2D eigenvalue weighted by atomic mass is 10.0. The lowest BCUT2D eigenvalue weighted by molar-refractivity contribution is -0.139. The van der Waals surface area contributed by atoms with E-state index in [0.717, 1.165) is 5.56 Å². The number of rotatable bonds is 12. The van der Waals surface area contributed by atoms with Gasteiger partial charge in [0.25, 0.3) is 0 Å². The van der Waals surface area contributed by atoms with Gasteiger partial charge in [0.15, 0.2) is 0 Å². The zero-order valence-electron chi connectivity index (χ0n) is 21.2. The molecule has 1 atom stereocenters. The number of benzene rings is 3. The first-order valence-corrected chi connectivity index (χ1v) is 14.5. The largest absolute Gasteiger partial charge is 0.354 e. The maximum atomic E-state index is 14.3. The molecule has 202 valence electrons. The van der Waals surface area contributed by atoms with E-state index >= 15 is 0 Å². The van der Waals surface area contributed by atoms with Crippen LogP contribution in [0.3, 0.4) is 0 Å². The van der Waals surface area contributed by atoms with Crippen molar-refractivity contribution in [2.24, 2.45) is 5.92 Å². The van der Waals surface area contributed by atoms with Crippen LogP contribution in [0.1, 0.15) is 30.5 Å². The van der Waals surface area contributed by atoms with Crippen LogP contribution >= 0.6 is 46.6 Å². The summed E-state index contributed by atoms with van der Waals surface area (Å²) < 4.78 is 14.3. The molecule has 0 radical (unpaired) electrons. The van der Waals surface area contributed by atoms with Gasteiger partial charge in [-0.25, -0.2) is 4.39 Å². The van der Waals surface area contributed by atoms with Gasteiger partial charge < -0.3 is 10.2 Å². The van der Waals surface area contributed by atoms with Gasteiger partial charge in [-0.3, -0.25) is 9.59 Å². The zero-order chi connectivity index (χ0) is 27.7. The molecular formula is C29H30Cl3FN2O2S. The van der Waals surface area contributed by atoms with Gasteiger partial charge in [-0.2, -0.15) is 0 Å². The lowest BCUT2D eigenvalue weighted by Gasteiger charge is -2.32. The summed E-state index contributed by atoms with van der Waals surface area (Å²) in [5, 5.41) is 4.17. The second kappa shape index (κ2) is 14.8. The molecule has 3 rings (SSSR count). The third-order valence-electron chi connectivity index (χ3n) is 5.85. The summed E-state index contributed by atoms with van der Waals surface area (Å²) in [6, 6.07) is 18.3. The van der Waals surface area contributed by atoms with E-state index in [0.29, 0.717) is 39.2 Å². The third kappa shape index (κ3) is 8.91. The van der Waals surface area contributed by atoms with E-state index in [-0.39, 0.29) is 35.8 Å². The first kappa shape index (κ1) is 30.3. The minimum Gasteiger partial charge on any atom is -0.354 e. The number of amides is 2. The van der Waals surface area contributed by atoms with Crippen LogP contribution in [0.25, 0.3) is 0 Å². The SMILES string of the molecule is CC(C)CNC(=O)C(Cc1ccccc1)N(Cc1ccc(Cl)cc1Cl)C(=O)CSCc1c(F)cccc1Cl. The Morgan fingerprint density at radius 3 is 2.37 bits per heavy atom. The van der Waals surface area contributed by atoms with Crippen molar-refractivity contribution < 1.29 is 14.0 Å². The Balaban J connectivity index is 1.89. The number of nitrogens with zero attached hydrogens (tertiary/aromatic N) is 1. The molecule has 9 heteroatoms. The second-order valence-electron chi connectivity index (χ2n) is 9.29. The van der Waals surface area contributed by atoms with E-state index in [1.54, 1.807) is 35.2 Å². The summed E-state index contributed by atoms with van der Waals surface area (Å²) in [5.41, 5.74) is 1.93. The Labute approximate surface area is 242 Å². The van der Waals surface area contributed by atoms with Crippen molar-refractivity contribution in [3.63, 3.8) is 0 Å². The third-order valence-corrected chi connectivity index (χ3v) is 7.73. The summed E-state index contributed by atoms with van der Waals surface area (Å²) in [5.74, 6) is -0.448. The highest BCUT2D eigenvalue weighted by Crippen LogP contribution is 2.27. The second-order valence-corrected chi connectivity index (χ2v) is 11.5. The van der Waals surface area contributed by atoms with Crippen LogP contribution < -0.4 is 5.32 Å². The molecule has 4 nitrogen and oxygen atoms in total. The highest BCUT2D eigenvalue weighted by molar-refractivity contribution is 7.99. The number of nitrogens with one attached hydrogen (secondary N) is 1. The van der Waals surface area contributed by atoms with Crippen LogP contribution in [0.5, 0.6) is 0 Å². The molecule has 0 saturated carbocycles. The zero-order valence-corrected chi connectivity index (χ0v) is 24.3. The van der Waals surface area contributed by atoms with Gasteiger partial charge in [0.2, 0.25) is 11.8 Å². The Morgan fingerprint density at radius 2 is 1.71 bits per heavy atom. The van der Waals surface area contributed by atoms with Crippen molar-refractivity contribution in [3.05, 3.63) is 104 Å². The predicted octanol–water partition coefficient (Wildman–Crippen LogP) is 7.43. The highest BCUT2D eigenvalue weighted by atomic mass is 35.5. The first-order chi connectivity index (χ1) is 18.2. The number of carbonyl (C=O) groups is 2. The summed E-state index contributed by atoms with van der Waals surface area (Å²) in [7, 11) is 0. The monoisotopic (exact) mass is 594 g/mol. The quantitative estimate of drug-likeness (QED) is 0.237. The number of hydrogen-bond acceptors (Lipinski definition) is 3. The molecule has 38 heavy (non-hydrogen) atoms. The normalized spacial score (nSPS) is 11.9. The summed E-state index contributed by atoms with van der Waals surface area (Å²) in [6.07, 6.45) is 0.325. The van der Waals surface area contributed by atoms with Crippen LogP contribution in [0.4, 0.5) is 4.39 Å². The number of carbonyl (C=O) groups excluding carboxylic acids is 2. The molecular weight excluding hydrogens is 566 g/mol. The number of hydrogen-bond donors (Lipinski definition) is 1. The first-order valence-electron chi connectivity index (χ1n) is 12.2.